The van der Waals surface area contributed by atoms with Crippen LogP contribution in [0, 0.1) is 11.3 Å². The summed E-state index contributed by atoms with van der Waals surface area (Å²) in [5.41, 5.74) is 0.675. The average molecular weight is 492 g/mol. The van der Waals surface area contributed by atoms with E-state index in [-0.39, 0.29) is 9.79 Å². The van der Waals surface area contributed by atoms with Crippen LogP contribution in [0.3, 0.4) is 0 Å². The number of carbonyl (C=O) groups is 1. The van der Waals surface area contributed by atoms with Crippen LogP contribution in [0.5, 0.6) is 0 Å². The van der Waals surface area contributed by atoms with Crippen LogP contribution in [0.1, 0.15) is 5.56 Å². The summed E-state index contributed by atoms with van der Waals surface area (Å²) >= 11 is 0. The Labute approximate surface area is 194 Å². The van der Waals surface area contributed by atoms with Crippen molar-refractivity contribution in [3.05, 3.63) is 54.1 Å². The van der Waals surface area contributed by atoms with Gasteiger partial charge in [-0.1, -0.05) is 0 Å². The smallest absolute Gasteiger partial charge is 0.243 e. The molecule has 0 saturated carbocycles. The monoisotopic (exact) mass is 491 g/mol. The summed E-state index contributed by atoms with van der Waals surface area (Å²) in [5, 5.41) is 11.4. The van der Waals surface area contributed by atoms with Gasteiger partial charge in [-0.2, -0.15) is 13.9 Å². The number of nitrogens with zero attached hydrogens (tertiary/aromatic N) is 4. The Hall–Kier alpha value is -2.82. The van der Waals surface area contributed by atoms with Gasteiger partial charge in [-0.3, -0.25) is 4.79 Å². The molecule has 1 fully saturated rings. The van der Waals surface area contributed by atoms with Gasteiger partial charge in [0.2, 0.25) is 26.0 Å². The van der Waals surface area contributed by atoms with Gasteiger partial charge in [0.15, 0.2) is 0 Å². The zero-order valence-corrected chi connectivity index (χ0v) is 19.9. The second kappa shape index (κ2) is 9.98. The first-order chi connectivity index (χ1) is 15.5. The van der Waals surface area contributed by atoms with E-state index in [4.69, 9.17) is 5.26 Å². The fraction of sp³-hybridized carbons (Fsp3) is 0.333. The summed E-state index contributed by atoms with van der Waals surface area (Å²) in [6.45, 7) is 1.71. The molecule has 2 aromatic rings. The molecule has 1 saturated heterocycles. The molecule has 1 aliphatic heterocycles. The predicted molar refractivity (Wildman–Crippen MR) is 122 cm³/mol. The largest absolute Gasteiger partial charge is 0.325 e. The van der Waals surface area contributed by atoms with Crippen molar-refractivity contribution >= 4 is 31.6 Å². The van der Waals surface area contributed by atoms with E-state index in [0.717, 1.165) is 4.31 Å². The molecular formula is C21H25N5O5S2. The highest BCUT2D eigenvalue weighted by Crippen LogP contribution is 2.20. The van der Waals surface area contributed by atoms with Gasteiger partial charge in [0.1, 0.15) is 0 Å². The third-order valence-electron chi connectivity index (χ3n) is 5.30. The molecule has 0 aliphatic carbocycles. The second-order valence-electron chi connectivity index (χ2n) is 7.68. The third-order valence-corrected chi connectivity index (χ3v) is 9.03. The second-order valence-corrected chi connectivity index (χ2v) is 11.7. The van der Waals surface area contributed by atoms with Gasteiger partial charge in [-0.05, 0) is 55.6 Å². The number of benzene rings is 2. The highest BCUT2D eigenvalue weighted by atomic mass is 32.2. The third kappa shape index (κ3) is 5.76. The zero-order chi connectivity index (χ0) is 24.2. The summed E-state index contributed by atoms with van der Waals surface area (Å²) in [6.07, 6.45) is 0. The molecular weight excluding hydrogens is 466 g/mol. The summed E-state index contributed by atoms with van der Waals surface area (Å²) in [6, 6.07) is 13.1. The van der Waals surface area contributed by atoms with Crippen molar-refractivity contribution in [3.8, 4) is 6.07 Å². The molecule has 12 heteroatoms. The number of anilines is 1. The lowest BCUT2D eigenvalue weighted by Crippen LogP contribution is -2.46. The Bertz CT molecular complexity index is 1250. The molecule has 1 amide bonds. The fourth-order valence-electron chi connectivity index (χ4n) is 3.26. The van der Waals surface area contributed by atoms with Gasteiger partial charge in [-0.15, -0.1) is 0 Å². The van der Waals surface area contributed by atoms with Crippen molar-refractivity contribution in [2.75, 3.05) is 52.1 Å². The van der Waals surface area contributed by atoms with E-state index in [1.807, 2.05) is 13.1 Å². The van der Waals surface area contributed by atoms with Crippen LogP contribution in [-0.2, 0) is 24.8 Å². The van der Waals surface area contributed by atoms with Gasteiger partial charge in [0.25, 0.3) is 0 Å². The van der Waals surface area contributed by atoms with Crippen molar-refractivity contribution < 1.29 is 21.6 Å². The molecule has 0 unspecified atom stereocenters. The lowest BCUT2D eigenvalue weighted by Gasteiger charge is -2.31. The number of likely N-dealkylation sites (N-methyl/N-ethyl adjacent to an activating group) is 2. The SMILES string of the molecule is CN1CCN(S(=O)(=O)c2ccc(NC(=O)CN(C)S(=O)(=O)c3ccc(C#N)cc3)cc2)CC1. The van der Waals surface area contributed by atoms with Crippen molar-refractivity contribution in [1.82, 2.24) is 13.5 Å². The van der Waals surface area contributed by atoms with E-state index in [0.29, 0.717) is 37.4 Å². The Morgan fingerprint density at radius 2 is 1.52 bits per heavy atom. The molecule has 33 heavy (non-hydrogen) atoms. The molecule has 2 aromatic carbocycles. The molecule has 0 atom stereocenters. The minimum absolute atomic E-state index is 0.0322. The predicted octanol–water partition coefficient (Wildman–Crippen LogP) is 0.754. The van der Waals surface area contributed by atoms with Gasteiger partial charge < -0.3 is 10.2 Å². The lowest BCUT2D eigenvalue weighted by atomic mass is 10.2. The van der Waals surface area contributed by atoms with Gasteiger partial charge in [0, 0.05) is 38.9 Å². The number of nitrogens with one attached hydrogen (secondary N) is 1. The van der Waals surface area contributed by atoms with E-state index in [2.05, 4.69) is 10.2 Å². The molecule has 1 N–H and O–H groups in total. The van der Waals surface area contributed by atoms with Crippen molar-refractivity contribution in [2.24, 2.45) is 0 Å². The van der Waals surface area contributed by atoms with Gasteiger partial charge >= 0.3 is 0 Å². The average Bonchev–Trinajstić information content (AvgIpc) is 2.79. The molecule has 3 rings (SSSR count). The number of hydrogen-bond donors (Lipinski definition) is 1. The van der Waals surface area contributed by atoms with Crippen LogP contribution >= 0.6 is 0 Å². The van der Waals surface area contributed by atoms with E-state index < -0.39 is 32.5 Å². The van der Waals surface area contributed by atoms with Crippen LogP contribution in [0.2, 0.25) is 0 Å². The molecule has 1 heterocycles. The number of piperazine rings is 1. The molecule has 176 valence electrons. The van der Waals surface area contributed by atoms with Crippen LogP contribution in [0.4, 0.5) is 5.69 Å². The maximum Gasteiger partial charge on any atom is 0.243 e. The Kier molecular flexibility index (Phi) is 7.51. The van der Waals surface area contributed by atoms with Crippen LogP contribution < -0.4 is 5.32 Å². The van der Waals surface area contributed by atoms with E-state index in [1.165, 1.54) is 59.9 Å². The van der Waals surface area contributed by atoms with Crippen LogP contribution in [-0.4, -0.2) is 83.1 Å². The van der Waals surface area contributed by atoms with E-state index in [1.54, 1.807) is 0 Å². The summed E-state index contributed by atoms with van der Waals surface area (Å²) < 4.78 is 53.2. The highest BCUT2D eigenvalue weighted by Gasteiger charge is 2.27. The van der Waals surface area contributed by atoms with E-state index >= 15 is 0 Å². The maximum atomic E-state index is 12.8. The van der Waals surface area contributed by atoms with Crippen LogP contribution in [0.15, 0.2) is 58.3 Å². The number of amides is 1. The van der Waals surface area contributed by atoms with Gasteiger partial charge in [0.05, 0.1) is 28.0 Å². The molecule has 0 spiro atoms. The molecule has 0 bridgehead atoms. The van der Waals surface area contributed by atoms with Gasteiger partial charge in [-0.25, -0.2) is 16.8 Å². The minimum atomic E-state index is -3.92. The topological polar surface area (TPSA) is 131 Å². The van der Waals surface area contributed by atoms with E-state index in [9.17, 15) is 21.6 Å². The lowest BCUT2D eigenvalue weighted by molar-refractivity contribution is -0.116. The fourth-order valence-corrected chi connectivity index (χ4v) is 5.81. The normalized spacial score (nSPS) is 15.8. The summed E-state index contributed by atoms with van der Waals surface area (Å²) in [5.74, 6) is -0.579. The minimum Gasteiger partial charge on any atom is -0.325 e. The van der Waals surface area contributed by atoms with Crippen molar-refractivity contribution in [2.45, 2.75) is 9.79 Å². The molecule has 1 aliphatic rings. The summed E-state index contributed by atoms with van der Waals surface area (Å²) in [4.78, 5) is 14.5. The molecule has 0 radical (unpaired) electrons. The maximum absolute atomic E-state index is 12.8. The Morgan fingerprint density at radius 1 is 0.970 bits per heavy atom. The number of rotatable bonds is 7. The standard InChI is InChI=1S/C21H25N5O5S2/c1-24-11-13-26(14-12-24)33(30,31)20-9-5-18(6-10-20)23-21(27)16-25(2)32(28,29)19-7-3-17(15-22)4-8-19/h3-10H,11-14,16H2,1-2H3,(H,23,27). The zero-order valence-electron chi connectivity index (χ0n) is 18.3. The van der Waals surface area contributed by atoms with Crippen molar-refractivity contribution in [3.63, 3.8) is 0 Å². The van der Waals surface area contributed by atoms with Crippen LogP contribution in [0.25, 0.3) is 0 Å². The summed E-state index contributed by atoms with van der Waals surface area (Å²) in [7, 11) is -4.32. The quantitative estimate of drug-likeness (QED) is 0.605. The number of sulfonamides is 2. The Morgan fingerprint density at radius 3 is 2.06 bits per heavy atom. The molecule has 10 nitrogen and oxygen atoms in total. The first-order valence-corrected chi connectivity index (χ1v) is 13.0. The number of carbonyl (C=O) groups excluding carboxylic acids is 1. The number of nitriles is 1. The first kappa shape index (κ1) is 24.8. The molecule has 0 aromatic heterocycles. The first-order valence-electron chi connectivity index (χ1n) is 10.1. The Balaban J connectivity index is 1.62. The van der Waals surface area contributed by atoms with Crippen molar-refractivity contribution in [1.29, 1.82) is 5.26 Å². The highest BCUT2D eigenvalue weighted by molar-refractivity contribution is 7.89. The number of hydrogen-bond acceptors (Lipinski definition) is 7.